The molecule has 0 aromatic heterocycles. The van der Waals surface area contributed by atoms with E-state index in [0.717, 1.165) is 17.5 Å². The molecule has 0 atom stereocenters. The van der Waals surface area contributed by atoms with Crippen LogP contribution in [0.4, 0.5) is 0 Å². The Balaban J connectivity index is 0.00000196. The summed E-state index contributed by atoms with van der Waals surface area (Å²) in [5.41, 5.74) is 2.39. The number of hydrogen-bond acceptors (Lipinski definition) is 3. The second-order valence-electron chi connectivity index (χ2n) is 3.09. The SMILES string of the molecule is CCc1cc(C(=O)N(O)O)ccc1C.Cl. The van der Waals surface area contributed by atoms with Crippen molar-refractivity contribution in [1.82, 2.24) is 5.23 Å². The second kappa shape index (κ2) is 5.70. The summed E-state index contributed by atoms with van der Waals surface area (Å²) in [4.78, 5) is 11.1. The minimum absolute atomic E-state index is 0. The molecule has 0 radical (unpaired) electrons. The fourth-order valence-electron chi connectivity index (χ4n) is 1.30. The van der Waals surface area contributed by atoms with Crippen molar-refractivity contribution in [2.75, 3.05) is 0 Å². The van der Waals surface area contributed by atoms with Crippen LogP contribution in [0.1, 0.15) is 28.4 Å². The quantitative estimate of drug-likeness (QED) is 0.606. The van der Waals surface area contributed by atoms with E-state index in [0.29, 0.717) is 0 Å². The zero-order valence-corrected chi connectivity index (χ0v) is 9.41. The van der Waals surface area contributed by atoms with E-state index in [9.17, 15) is 4.79 Å². The molecule has 1 rings (SSSR count). The van der Waals surface area contributed by atoms with Crippen LogP contribution in [-0.4, -0.2) is 21.5 Å². The summed E-state index contributed by atoms with van der Waals surface area (Å²) in [6.07, 6.45) is 0.809. The van der Waals surface area contributed by atoms with E-state index in [2.05, 4.69) is 0 Å². The van der Waals surface area contributed by atoms with E-state index < -0.39 is 11.1 Å². The number of nitrogens with zero attached hydrogens (tertiary/aromatic N) is 1. The highest BCUT2D eigenvalue weighted by Gasteiger charge is 2.11. The molecule has 0 bridgehead atoms. The minimum atomic E-state index is -0.820. The normalized spacial score (nSPS) is 9.33. The van der Waals surface area contributed by atoms with Gasteiger partial charge >= 0.3 is 5.91 Å². The number of carbonyl (C=O) groups excluding carboxylic acids is 1. The Bertz CT molecular complexity index is 353. The zero-order chi connectivity index (χ0) is 10.7. The molecule has 0 saturated carbocycles. The summed E-state index contributed by atoms with van der Waals surface area (Å²) in [6, 6.07) is 5.02. The Kier molecular flexibility index (Phi) is 5.28. The molecular weight excluding hydrogens is 218 g/mol. The highest BCUT2D eigenvalue weighted by atomic mass is 35.5. The summed E-state index contributed by atoms with van der Waals surface area (Å²) >= 11 is 0. The van der Waals surface area contributed by atoms with Crippen molar-refractivity contribution in [2.45, 2.75) is 20.3 Å². The second-order valence-corrected chi connectivity index (χ2v) is 3.09. The van der Waals surface area contributed by atoms with Crippen molar-refractivity contribution in [3.8, 4) is 0 Å². The van der Waals surface area contributed by atoms with E-state index in [1.54, 1.807) is 18.2 Å². The van der Waals surface area contributed by atoms with Crippen LogP contribution in [0.2, 0.25) is 0 Å². The number of hydrogen-bond donors (Lipinski definition) is 2. The first-order valence-corrected chi connectivity index (χ1v) is 4.38. The zero-order valence-electron chi connectivity index (χ0n) is 8.60. The molecule has 0 aliphatic heterocycles. The van der Waals surface area contributed by atoms with E-state index in [-0.39, 0.29) is 18.0 Å². The summed E-state index contributed by atoms with van der Waals surface area (Å²) < 4.78 is 0. The lowest BCUT2D eigenvalue weighted by Crippen LogP contribution is -2.23. The number of carbonyl (C=O) groups is 1. The summed E-state index contributed by atoms with van der Waals surface area (Å²) in [7, 11) is 0. The third-order valence-electron chi connectivity index (χ3n) is 2.16. The van der Waals surface area contributed by atoms with E-state index >= 15 is 0 Å². The first-order valence-electron chi connectivity index (χ1n) is 4.38. The van der Waals surface area contributed by atoms with Crippen LogP contribution in [-0.2, 0) is 6.42 Å². The molecule has 1 aromatic rings. The topological polar surface area (TPSA) is 60.8 Å². The van der Waals surface area contributed by atoms with Gasteiger partial charge in [-0.2, -0.15) is 0 Å². The van der Waals surface area contributed by atoms with Crippen LogP contribution in [0, 0.1) is 6.92 Å². The van der Waals surface area contributed by atoms with Gasteiger partial charge in [-0.15, -0.1) is 12.4 Å². The maximum absolute atomic E-state index is 11.1. The molecule has 5 heteroatoms. The lowest BCUT2D eigenvalue weighted by molar-refractivity contribution is -0.260. The predicted octanol–water partition coefficient (Wildman–Crippen LogP) is 2.20. The maximum Gasteiger partial charge on any atom is 0.303 e. The van der Waals surface area contributed by atoms with Gasteiger partial charge in [0.05, 0.1) is 0 Å². The molecule has 0 unspecified atom stereocenters. The van der Waals surface area contributed by atoms with Crippen LogP contribution in [0.3, 0.4) is 0 Å². The smallest absolute Gasteiger partial charge is 0.264 e. The lowest BCUT2D eigenvalue weighted by atomic mass is 10.0. The third-order valence-corrected chi connectivity index (χ3v) is 2.16. The van der Waals surface area contributed by atoms with Crippen molar-refractivity contribution >= 4 is 18.3 Å². The molecule has 0 saturated heterocycles. The third kappa shape index (κ3) is 3.20. The van der Waals surface area contributed by atoms with Crippen molar-refractivity contribution in [3.05, 3.63) is 34.9 Å². The number of benzene rings is 1. The summed E-state index contributed by atoms with van der Waals surface area (Å²) in [6.45, 7) is 3.93. The molecule has 84 valence electrons. The lowest BCUT2D eigenvalue weighted by Gasteiger charge is -2.08. The predicted molar refractivity (Wildman–Crippen MR) is 57.5 cm³/mol. The van der Waals surface area contributed by atoms with Gasteiger partial charge in [-0.05, 0) is 36.6 Å². The average Bonchev–Trinajstić information content (AvgIpc) is 2.17. The number of aryl methyl sites for hydroxylation is 2. The van der Waals surface area contributed by atoms with Gasteiger partial charge in [0.1, 0.15) is 0 Å². The van der Waals surface area contributed by atoms with Crippen molar-refractivity contribution in [2.24, 2.45) is 0 Å². The highest BCUT2D eigenvalue weighted by Crippen LogP contribution is 2.12. The molecule has 0 heterocycles. The molecule has 15 heavy (non-hydrogen) atoms. The maximum atomic E-state index is 11.1. The van der Waals surface area contributed by atoms with Crippen molar-refractivity contribution < 1.29 is 15.2 Å². The molecule has 1 aromatic carbocycles. The number of halogens is 1. The molecule has 4 nitrogen and oxygen atoms in total. The Hall–Kier alpha value is -1.10. The minimum Gasteiger partial charge on any atom is -0.264 e. The molecule has 1 amide bonds. The van der Waals surface area contributed by atoms with Gasteiger partial charge in [0.2, 0.25) is 0 Å². The average molecular weight is 232 g/mol. The van der Waals surface area contributed by atoms with Crippen LogP contribution < -0.4 is 0 Å². The van der Waals surface area contributed by atoms with E-state index in [4.69, 9.17) is 10.4 Å². The largest absolute Gasteiger partial charge is 0.303 e. The Morgan fingerprint density at radius 2 is 2.00 bits per heavy atom. The van der Waals surface area contributed by atoms with E-state index in [1.807, 2.05) is 13.8 Å². The molecule has 0 aliphatic rings. The Labute approximate surface area is 94.5 Å². The molecular formula is C10H14ClNO3. The fourth-order valence-corrected chi connectivity index (χ4v) is 1.30. The van der Waals surface area contributed by atoms with Gasteiger partial charge in [-0.1, -0.05) is 18.2 Å². The fraction of sp³-hybridized carbons (Fsp3) is 0.300. The monoisotopic (exact) mass is 231 g/mol. The number of amides is 1. The highest BCUT2D eigenvalue weighted by molar-refractivity contribution is 5.92. The van der Waals surface area contributed by atoms with Gasteiger partial charge in [0, 0.05) is 5.56 Å². The van der Waals surface area contributed by atoms with Gasteiger partial charge in [-0.3, -0.25) is 15.2 Å². The van der Waals surface area contributed by atoms with Crippen LogP contribution in [0.5, 0.6) is 0 Å². The standard InChI is InChI=1S/C10H13NO3.ClH/c1-3-8-6-9(5-4-7(8)2)10(12)11(13)14;/h4-6,13-14H,3H2,1-2H3;1H. The summed E-state index contributed by atoms with van der Waals surface area (Å²) in [5.74, 6) is -0.820. The van der Waals surface area contributed by atoms with E-state index in [1.165, 1.54) is 0 Å². The summed E-state index contributed by atoms with van der Waals surface area (Å²) in [5, 5.41) is 16.7. The molecule has 0 fully saturated rings. The van der Waals surface area contributed by atoms with Gasteiger partial charge in [-0.25, -0.2) is 0 Å². The van der Waals surface area contributed by atoms with Crippen LogP contribution in [0.25, 0.3) is 0 Å². The molecule has 0 aliphatic carbocycles. The van der Waals surface area contributed by atoms with Gasteiger partial charge in [0.15, 0.2) is 0 Å². The first kappa shape index (κ1) is 13.9. The Morgan fingerprint density at radius 1 is 1.40 bits per heavy atom. The number of hydroxylamine groups is 2. The molecule has 2 N–H and O–H groups in total. The van der Waals surface area contributed by atoms with Gasteiger partial charge in [0.25, 0.3) is 0 Å². The van der Waals surface area contributed by atoms with Crippen molar-refractivity contribution in [3.63, 3.8) is 0 Å². The number of rotatable bonds is 2. The van der Waals surface area contributed by atoms with Gasteiger partial charge < -0.3 is 0 Å². The Morgan fingerprint density at radius 3 is 2.47 bits per heavy atom. The van der Waals surface area contributed by atoms with Crippen LogP contribution in [0.15, 0.2) is 18.2 Å². The van der Waals surface area contributed by atoms with Crippen molar-refractivity contribution in [1.29, 1.82) is 0 Å². The van der Waals surface area contributed by atoms with Crippen LogP contribution >= 0.6 is 12.4 Å². The first-order chi connectivity index (χ1) is 6.56. The molecule has 0 spiro atoms.